The highest BCUT2D eigenvalue weighted by molar-refractivity contribution is 6.04. The maximum Gasteiger partial charge on any atom is 0.336 e. The summed E-state index contributed by atoms with van der Waals surface area (Å²) in [7, 11) is 3.14. The third kappa shape index (κ3) is 5.39. The molecule has 1 heterocycles. The van der Waals surface area contributed by atoms with Gasteiger partial charge in [0.2, 0.25) is 0 Å². The van der Waals surface area contributed by atoms with E-state index < -0.39 is 17.7 Å². The van der Waals surface area contributed by atoms with Crippen molar-refractivity contribution in [2.24, 2.45) is 0 Å². The maximum atomic E-state index is 15.1. The summed E-state index contributed by atoms with van der Waals surface area (Å²) < 4.78 is 36.6. The SMILES string of the molecule is CCOCCOC(=O)C1=C(C)NC2=C(C(=O)C[C@H](c3ccc(OC)c(OC)c3)C2)[C@@H]1c1ccccc1F. The van der Waals surface area contributed by atoms with Crippen molar-refractivity contribution in [3.8, 4) is 11.5 Å². The molecule has 0 saturated heterocycles. The van der Waals surface area contributed by atoms with E-state index in [0.717, 1.165) is 5.56 Å². The molecule has 1 aliphatic carbocycles. The van der Waals surface area contributed by atoms with Gasteiger partial charge in [-0.3, -0.25) is 4.79 Å². The molecular weight excluding hydrogens is 477 g/mol. The maximum absolute atomic E-state index is 15.1. The average Bonchev–Trinajstić information content (AvgIpc) is 2.90. The lowest BCUT2D eigenvalue weighted by molar-refractivity contribution is -0.140. The summed E-state index contributed by atoms with van der Waals surface area (Å²) in [4.78, 5) is 26.9. The van der Waals surface area contributed by atoms with Crippen LogP contribution in [0.2, 0.25) is 0 Å². The van der Waals surface area contributed by atoms with Crippen LogP contribution in [0.3, 0.4) is 0 Å². The summed E-state index contributed by atoms with van der Waals surface area (Å²) in [6.45, 7) is 4.43. The Labute approximate surface area is 216 Å². The van der Waals surface area contributed by atoms with Crippen molar-refractivity contribution < 1.29 is 32.9 Å². The topological polar surface area (TPSA) is 83.1 Å². The van der Waals surface area contributed by atoms with E-state index in [-0.39, 0.29) is 42.5 Å². The molecule has 196 valence electrons. The molecule has 0 aromatic heterocycles. The van der Waals surface area contributed by atoms with Crippen LogP contribution in [-0.2, 0) is 19.1 Å². The van der Waals surface area contributed by atoms with E-state index in [2.05, 4.69) is 5.32 Å². The minimum atomic E-state index is -0.865. The summed E-state index contributed by atoms with van der Waals surface area (Å²) in [5, 5.41) is 3.28. The molecule has 0 radical (unpaired) electrons. The second kappa shape index (κ2) is 11.6. The number of Topliss-reactive ketones (excluding diaryl/α,β-unsaturated/α-hetero) is 1. The van der Waals surface area contributed by atoms with E-state index in [9.17, 15) is 9.59 Å². The number of hydrogen-bond acceptors (Lipinski definition) is 7. The van der Waals surface area contributed by atoms with E-state index >= 15 is 4.39 Å². The number of benzene rings is 2. The first-order chi connectivity index (χ1) is 17.9. The number of rotatable bonds is 9. The summed E-state index contributed by atoms with van der Waals surface area (Å²) in [5.41, 5.74) is 3.07. The summed E-state index contributed by atoms with van der Waals surface area (Å²) in [6, 6.07) is 11.9. The first-order valence-corrected chi connectivity index (χ1v) is 12.3. The van der Waals surface area contributed by atoms with Crippen molar-refractivity contribution in [1.82, 2.24) is 5.32 Å². The van der Waals surface area contributed by atoms with Crippen LogP contribution in [-0.4, -0.2) is 45.8 Å². The summed E-state index contributed by atoms with van der Waals surface area (Å²) >= 11 is 0. The number of methoxy groups -OCH3 is 2. The monoisotopic (exact) mass is 509 g/mol. The van der Waals surface area contributed by atoms with Crippen LogP contribution in [0.5, 0.6) is 11.5 Å². The molecule has 0 saturated carbocycles. The van der Waals surface area contributed by atoms with Gasteiger partial charge in [-0.15, -0.1) is 0 Å². The van der Waals surface area contributed by atoms with Gasteiger partial charge in [-0.25, -0.2) is 9.18 Å². The number of hydrogen-bond donors (Lipinski definition) is 1. The Bertz CT molecular complexity index is 1250. The summed E-state index contributed by atoms with van der Waals surface area (Å²) in [6.07, 6.45) is 0.734. The number of ether oxygens (including phenoxy) is 4. The standard InChI is InChI=1S/C29H32FNO6/c1-5-36-12-13-37-29(33)26-17(2)31-22-14-19(18-10-11-24(34-3)25(16-18)35-4)15-23(32)28(22)27(26)20-8-6-7-9-21(20)30/h6-11,16,19,27,31H,5,12-15H2,1-4H3/t19-,27-/m1/s1. The molecule has 0 unspecified atom stereocenters. The Morgan fingerprint density at radius 3 is 2.51 bits per heavy atom. The molecule has 4 rings (SSSR count). The highest BCUT2D eigenvalue weighted by Gasteiger charge is 2.42. The highest BCUT2D eigenvalue weighted by atomic mass is 19.1. The zero-order valence-electron chi connectivity index (χ0n) is 21.6. The van der Waals surface area contributed by atoms with E-state index in [1.807, 2.05) is 25.1 Å². The number of carbonyl (C=O) groups excluding carboxylic acids is 2. The first-order valence-electron chi connectivity index (χ1n) is 12.3. The minimum Gasteiger partial charge on any atom is -0.493 e. The van der Waals surface area contributed by atoms with Gasteiger partial charge in [-0.05, 0) is 49.9 Å². The molecule has 37 heavy (non-hydrogen) atoms. The molecular formula is C29H32FNO6. The molecule has 7 nitrogen and oxygen atoms in total. The van der Waals surface area contributed by atoms with Gasteiger partial charge in [0.05, 0.1) is 32.3 Å². The molecule has 2 atom stereocenters. The molecule has 1 aliphatic heterocycles. The van der Waals surface area contributed by atoms with Crippen LogP contribution in [0.1, 0.15) is 49.7 Å². The number of halogens is 1. The van der Waals surface area contributed by atoms with Crippen LogP contribution < -0.4 is 14.8 Å². The number of esters is 1. The van der Waals surface area contributed by atoms with Crippen molar-refractivity contribution in [1.29, 1.82) is 0 Å². The zero-order valence-corrected chi connectivity index (χ0v) is 21.6. The predicted octanol–water partition coefficient (Wildman–Crippen LogP) is 4.78. The van der Waals surface area contributed by atoms with Gasteiger partial charge in [-0.1, -0.05) is 24.3 Å². The molecule has 2 aromatic rings. The van der Waals surface area contributed by atoms with Crippen molar-refractivity contribution in [2.45, 2.75) is 38.5 Å². The molecule has 0 amide bonds. The lowest BCUT2D eigenvalue weighted by Crippen LogP contribution is -2.36. The van der Waals surface area contributed by atoms with Gasteiger partial charge >= 0.3 is 5.97 Å². The largest absolute Gasteiger partial charge is 0.493 e. The third-order valence-electron chi connectivity index (χ3n) is 6.81. The Morgan fingerprint density at radius 1 is 1.05 bits per heavy atom. The molecule has 2 aromatic carbocycles. The Hall–Kier alpha value is -3.65. The average molecular weight is 510 g/mol. The zero-order chi connectivity index (χ0) is 26.5. The number of nitrogens with one attached hydrogen (secondary N) is 1. The fourth-order valence-corrected chi connectivity index (χ4v) is 5.09. The number of ketones is 1. The minimum absolute atomic E-state index is 0.0642. The van der Waals surface area contributed by atoms with Crippen molar-refractivity contribution in [2.75, 3.05) is 34.0 Å². The molecule has 0 bridgehead atoms. The van der Waals surface area contributed by atoms with Gasteiger partial charge in [-0.2, -0.15) is 0 Å². The second-order valence-electron chi connectivity index (χ2n) is 8.99. The Balaban J connectivity index is 1.72. The fourth-order valence-electron chi connectivity index (χ4n) is 5.09. The van der Waals surface area contributed by atoms with Crippen molar-refractivity contribution in [3.05, 3.63) is 81.9 Å². The number of allylic oxidation sites excluding steroid dienone is 3. The molecule has 1 N–H and O–H groups in total. The normalized spacial score (nSPS) is 19.3. The number of carbonyl (C=O) groups is 2. The third-order valence-corrected chi connectivity index (χ3v) is 6.81. The molecule has 2 aliphatic rings. The van der Waals surface area contributed by atoms with Crippen LogP contribution >= 0.6 is 0 Å². The Morgan fingerprint density at radius 2 is 1.81 bits per heavy atom. The lowest BCUT2D eigenvalue weighted by Gasteiger charge is -2.36. The molecule has 8 heteroatoms. The van der Waals surface area contributed by atoms with Gasteiger partial charge in [0.1, 0.15) is 12.4 Å². The van der Waals surface area contributed by atoms with Gasteiger partial charge in [0.15, 0.2) is 17.3 Å². The quantitative estimate of drug-likeness (QED) is 0.385. The van der Waals surface area contributed by atoms with Gasteiger partial charge in [0.25, 0.3) is 0 Å². The van der Waals surface area contributed by atoms with E-state index in [1.165, 1.54) is 6.07 Å². The van der Waals surface area contributed by atoms with Crippen LogP contribution in [0.25, 0.3) is 0 Å². The first kappa shape index (κ1) is 26.4. The molecule has 0 spiro atoms. The van der Waals surface area contributed by atoms with Crippen LogP contribution in [0.4, 0.5) is 4.39 Å². The highest BCUT2D eigenvalue weighted by Crippen LogP contribution is 2.47. The summed E-state index contributed by atoms with van der Waals surface area (Å²) in [5.74, 6) is -1.02. The predicted molar refractivity (Wildman–Crippen MR) is 136 cm³/mol. The van der Waals surface area contributed by atoms with Gasteiger partial charge in [0, 0.05) is 35.6 Å². The van der Waals surface area contributed by atoms with Crippen molar-refractivity contribution >= 4 is 11.8 Å². The van der Waals surface area contributed by atoms with Gasteiger partial charge < -0.3 is 24.3 Å². The van der Waals surface area contributed by atoms with E-state index in [1.54, 1.807) is 39.3 Å². The fraction of sp³-hybridized carbons (Fsp3) is 0.379. The second-order valence-corrected chi connectivity index (χ2v) is 8.99. The van der Waals surface area contributed by atoms with Crippen LogP contribution in [0, 0.1) is 5.82 Å². The number of dihydropyridines is 1. The van der Waals surface area contributed by atoms with Crippen molar-refractivity contribution in [3.63, 3.8) is 0 Å². The van der Waals surface area contributed by atoms with E-state index in [0.29, 0.717) is 41.5 Å². The van der Waals surface area contributed by atoms with E-state index in [4.69, 9.17) is 18.9 Å². The van der Waals surface area contributed by atoms with Crippen LogP contribution in [0.15, 0.2) is 65.0 Å². The smallest absolute Gasteiger partial charge is 0.336 e. The lowest BCUT2D eigenvalue weighted by atomic mass is 9.71. The Kier molecular flexibility index (Phi) is 8.28. The molecule has 0 fully saturated rings.